The Morgan fingerprint density at radius 2 is 1.63 bits per heavy atom. The van der Waals surface area contributed by atoms with Gasteiger partial charge in [0.15, 0.2) is 0 Å². The van der Waals surface area contributed by atoms with Gasteiger partial charge in [0, 0.05) is 19.1 Å². The van der Waals surface area contributed by atoms with E-state index < -0.39 is 11.6 Å². The Balaban J connectivity index is 3.09. The summed E-state index contributed by atoms with van der Waals surface area (Å²) in [5.41, 5.74) is 6.32. The smallest absolute Gasteiger partial charge is 0.149 e. The lowest BCUT2D eigenvalue weighted by molar-refractivity contribution is 0.533. The second-order valence-corrected chi connectivity index (χ2v) is 5.17. The Kier molecular flexibility index (Phi) is 5.73. The summed E-state index contributed by atoms with van der Waals surface area (Å²) < 4.78 is 28.2. The molecule has 0 spiro atoms. The van der Waals surface area contributed by atoms with Crippen LogP contribution in [0.4, 0.5) is 14.5 Å². The summed E-state index contributed by atoms with van der Waals surface area (Å²) in [5.74, 6) is -1.02. The molecule has 0 radical (unpaired) electrons. The molecule has 4 heteroatoms. The summed E-state index contributed by atoms with van der Waals surface area (Å²) in [6, 6.07) is 2.81. The Morgan fingerprint density at radius 1 is 1.16 bits per heavy atom. The van der Waals surface area contributed by atoms with Gasteiger partial charge in [-0.05, 0) is 43.9 Å². The zero-order valence-corrected chi connectivity index (χ0v) is 12.2. The van der Waals surface area contributed by atoms with Gasteiger partial charge in [-0.1, -0.05) is 13.8 Å². The van der Waals surface area contributed by atoms with Crippen LogP contribution in [-0.4, -0.2) is 19.1 Å². The quantitative estimate of drug-likeness (QED) is 0.857. The van der Waals surface area contributed by atoms with Crippen LogP contribution in [0.1, 0.15) is 39.2 Å². The molecule has 0 saturated carbocycles. The van der Waals surface area contributed by atoms with Crippen LogP contribution in [0.5, 0.6) is 0 Å². The zero-order chi connectivity index (χ0) is 14.6. The molecule has 1 aromatic carbocycles. The number of hydrogen-bond donors (Lipinski definition) is 1. The Hall–Kier alpha value is -1.16. The Labute approximate surface area is 114 Å². The molecule has 0 bridgehead atoms. The Bertz CT molecular complexity index is 392. The van der Waals surface area contributed by atoms with Crippen molar-refractivity contribution in [2.75, 3.05) is 11.9 Å². The predicted molar refractivity (Wildman–Crippen MR) is 76.5 cm³/mol. The van der Waals surface area contributed by atoms with Crippen LogP contribution in [-0.2, 0) is 6.42 Å². The predicted octanol–water partition coefficient (Wildman–Crippen LogP) is 3.48. The van der Waals surface area contributed by atoms with Gasteiger partial charge in [0.2, 0.25) is 0 Å². The van der Waals surface area contributed by atoms with Crippen LogP contribution in [0, 0.1) is 11.6 Å². The fourth-order valence-electron chi connectivity index (χ4n) is 2.46. The van der Waals surface area contributed by atoms with Crippen LogP contribution in [0.15, 0.2) is 12.1 Å². The maximum Gasteiger partial charge on any atom is 0.149 e. The normalized spacial score (nSPS) is 12.8. The summed E-state index contributed by atoms with van der Waals surface area (Å²) in [4.78, 5) is 1.69. The number of anilines is 1. The first-order chi connectivity index (χ1) is 8.90. The SMILES string of the molecule is CCC(CC)N(C)c1c(F)cc(CC(C)N)cc1F. The fourth-order valence-corrected chi connectivity index (χ4v) is 2.46. The second-order valence-electron chi connectivity index (χ2n) is 5.17. The van der Waals surface area contributed by atoms with E-state index in [0.29, 0.717) is 12.0 Å². The second kappa shape index (κ2) is 6.85. The van der Waals surface area contributed by atoms with E-state index in [1.54, 1.807) is 11.9 Å². The van der Waals surface area contributed by atoms with Crippen LogP contribution in [0.3, 0.4) is 0 Å². The fraction of sp³-hybridized carbons (Fsp3) is 0.600. The van der Waals surface area contributed by atoms with Crippen LogP contribution in [0.25, 0.3) is 0 Å². The lowest BCUT2D eigenvalue weighted by atomic mass is 10.0. The number of hydrogen-bond acceptors (Lipinski definition) is 2. The summed E-state index contributed by atoms with van der Waals surface area (Å²) in [6.07, 6.45) is 2.18. The van der Waals surface area contributed by atoms with E-state index in [1.807, 2.05) is 20.8 Å². The summed E-state index contributed by atoms with van der Waals surface area (Å²) in [7, 11) is 1.74. The van der Waals surface area contributed by atoms with Crippen molar-refractivity contribution in [2.45, 2.75) is 52.1 Å². The molecule has 0 aromatic heterocycles. The molecular formula is C15H24F2N2. The van der Waals surface area contributed by atoms with Crippen molar-refractivity contribution in [1.82, 2.24) is 0 Å². The summed E-state index contributed by atoms with van der Waals surface area (Å²) in [5, 5.41) is 0. The van der Waals surface area contributed by atoms with Crippen molar-refractivity contribution in [2.24, 2.45) is 5.73 Å². The molecule has 1 unspecified atom stereocenters. The number of nitrogens with two attached hydrogens (primary N) is 1. The molecule has 0 saturated heterocycles. The van der Waals surface area contributed by atoms with E-state index in [-0.39, 0.29) is 17.8 Å². The van der Waals surface area contributed by atoms with Crippen molar-refractivity contribution in [3.63, 3.8) is 0 Å². The largest absolute Gasteiger partial charge is 0.367 e. The minimum atomic E-state index is -0.509. The highest BCUT2D eigenvalue weighted by Gasteiger charge is 2.20. The van der Waals surface area contributed by atoms with Gasteiger partial charge >= 0.3 is 0 Å². The molecule has 0 aliphatic heterocycles. The van der Waals surface area contributed by atoms with E-state index in [9.17, 15) is 8.78 Å². The standard InChI is InChI=1S/C15H24F2N2/c1-5-12(6-2)19(4)15-13(16)8-11(7-10(3)18)9-14(15)17/h8-10,12H,5-7,18H2,1-4H3. The van der Waals surface area contributed by atoms with Crippen LogP contribution >= 0.6 is 0 Å². The average Bonchev–Trinajstić information content (AvgIpc) is 2.28. The summed E-state index contributed by atoms with van der Waals surface area (Å²) >= 11 is 0. The van der Waals surface area contributed by atoms with Crippen LogP contribution in [0.2, 0.25) is 0 Å². The lowest BCUT2D eigenvalue weighted by Crippen LogP contribution is -2.32. The third-order valence-corrected chi connectivity index (χ3v) is 3.48. The van der Waals surface area contributed by atoms with Crippen molar-refractivity contribution in [3.05, 3.63) is 29.3 Å². The molecule has 1 aromatic rings. The molecule has 0 heterocycles. The molecule has 0 aliphatic carbocycles. The van der Waals surface area contributed by atoms with Gasteiger partial charge in [-0.2, -0.15) is 0 Å². The maximum atomic E-state index is 14.1. The topological polar surface area (TPSA) is 29.3 Å². The minimum absolute atomic E-state index is 0.0575. The number of halogens is 2. The molecule has 0 fully saturated rings. The molecule has 0 aliphatic rings. The Morgan fingerprint density at radius 3 is 2.00 bits per heavy atom. The maximum absolute atomic E-state index is 14.1. The van der Waals surface area contributed by atoms with E-state index in [4.69, 9.17) is 5.73 Å². The van der Waals surface area contributed by atoms with Crippen molar-refractivity contribution >= 4 is 5.69 Å². The lowest BCUT2D eigenvalue weighted by Gasteiger charge is -2.29. The van der Waals surface area contributed by atoms with Crippen molar-refractivity contribution < 1.29 is 8.78 Å². The highest BCUT2D eigenvalue weighted by molar-refractivity contribution is 5.51. The molecule has 2 N–H and O–H groups in total. The van der Waals surface area contributed by atoms with Crippen molar-refractivity contribution in [1.29, 1.82) is 0 Å². The van der Waals surface area contributed by atoms with Gasteiger partial charge < -0.3 is 10.6 Å². The number of rotatable bonds is 6. The minimum Gasteiger partial charge on any atom is -0.367 e. The van der Waals surface area contributed by atoms with Gasteiger partial charge in [0.1, 0.15) is 17.3 Å². The first-order valence-electron chi connectivity index (χ1n) is 6.86. The number of nitrogens with zero attached hydrogens (tertiary/aromatic N) is 1. The van der Waals surface area contributed by atoms with E-state index >= 15 is 0 Å². The molecule has 108 valence electrons. The molecule has 1 rings (SSSR count). The van der Waals surface area contributed by atoms with E-state index in [0.717, 1.165) is 12.8 Å². The van der Waals surface area contributed by atoms with Gasteiger partial charge in [0.05, 0.1) is 0 Å². The van der Waals surface area contributed by atoms with E-state index in [1.165, 1.54) is 12.1 Å². The van der Waals surface area contributed by atoms with Gasteiger partial charge in [0.25, 0.3) is 0 Å². The molecule has 0 amide bonds. The van der Waals surface area contributed by atoms with Gasteiger partial charge in [-0.15, -0.1) is 0 Å². The van der Waals surface area contributed by atoms with E-state index in [2.05, 4.69) is 0 Å². The highest BCUT2D eigenvalue weighted by Crippen LogP contribution is 2.27. The zero-order valence-electron chi connectivity index (χ0n) is 12.2. The third kappa shape index (κ3) is 3.90. The number of benzene rings is 1. The first-order valence-corrected chi connectivity index (χ1v) is 6.86. The first kappa shape index (κ1) is 15.9. The van der Waals surface area contributed by atoms with Crippen LogP contribution < -0.4 is 10.6 Å². The molecule has 19 heavy (non-hydrogen) atoms. The molecule has 1 atom stereocenters. The average molecular weight is 270 g/mol. The highest BCUT2D eigenvalue weighted by atomic mass is 19.1. The van der Waals surface area contributed by atoms with Gasteiger partial charge in [-0.3, -0.25) is 0 Å². The monoisotopic (exact) mass is 270 g/mol. The third-order valence-electron chi connectivity index (χ3n) is 3.48. The van der Waals surface area contributed by atoms with Crippen molar-refractivity contribution in [3.8, 4) is 0 Å². The molecular weight excluding hydrogens is 246 g/mol. The summed E-state index contributed by atoms with van der Waals surface area (Å²) in [6.45, 7) is 5.86. The van der Waals surface area contributed by atoms with Gasteiger partial charge in [-0.25, -0.2) is 8.78 Å². The molecule has 2 nitrogen and oxygen atoms in total.